The van der Waals surface area contributed by atoms with Gasteiger partial charge >= 0.3 is 6.03 Å². The lowest BCUT2D eigenvalue weighted by Gasteiger charge is -2.22. The molecule has 1 aromatic heterocycles. The molecule has 198 valence electrons. The Labute approximate surface area is 226 Å². The summed E-state index contributed by atoms with van der Waals surface area (Å²) >= 11 is 0. The van der Waals surface area contributed by atoms with Gasteiger partial charge in [0.05, 0.1) is 22.5 Å². The number of carbonyl (C=O) groups is 1. The molecule has 10 heteroatoms. The number of urea groups is 1. The summed E-state index contributed by atoms with van der Waals surface area (Å²) in [6.45, 7) is 0.257. The van der Waals surface area contributed by atoms with Gasteiger partial charge in [0, 0.05) is 29.8 Å². The van der Waals surface area contributed by atoms with E-state index in [1.54, 1.807) is 18.2 Å². The number of hydrogen-bond donors (Lipinski definition) is 1. The normalized spacial score (nSPS) is 10.7. The third-order valence-corrected chi connectivity index (χ3v) is 5.92. The summed E-state index contributed by atoms with van der Waals surface area (Å²) in [6, 6.07) is 21.1. The van der Waals surface area contributed by atoms with Crippen LogP contribution in [-0.4, -0.2) is 11.0 Å². The zero-order valence-corrected chi connectivity index (χ0v) is 20.6. The van der Waals surface area contributed by atoms with E-state index in [0.717, 1.165) is 23.8 Å². The summed E-state index contributed by atoms with van der Waals surface area (Å²) in [6.07, 6.45) is 1.49. The van der Waals surface area contributed by atoms with E-state index in [4.69, 9.17) is 15.2 Å². The highest BCUT2D eigenvalue weighted by Crippen LogP contribution is 2.36. The lowest BCUT2D eigenvalue weighted by atomic mass is 10.1. The van der Waals surface area contributed by atoms with Gasteiger partial charge in [-0.15, -0.1) is 0 Å². The van der Waals surface area contributed by atoms with E-state index < -0.39 is 29.2 Å². The second-order valence-electron chi connectivity index (χ2n) is 8.55. The summed E-state index contributed by atoms with van der Waals surface area (Å²) in [5.74, 6) is -2.25. The van der Waals surface area contributed by atoms with Crippen LogP contribution in [0.15, 0.2) is 91.1 Å². The van der Waals surface area contributed by atoms with Gasteiger partial charge in [-0.1, -0.05) is 30.3 Å². The van der Waals surface area contributed by atoms with Crippen molar-refractivity contribution < 1.29 is 27.4 Å². The minimum Gasteiger partial charge on any atom is -0.487 e. The Morgan fingerprint density at radius 3 is 2.30 bits per heavy atom. The molecule has 4 aromatic carbocycles. The Bertz CT molecular complexity index is 1770. The number of pyridine rings is 1. The lowest BCUT2D eigenvalue weighted by Crippen LogP contribution is -2.32. The SMILES string of the molecule is N#Cc1cc2c(Oc3ccc(N(C(N)=O)c4ccc(F)cc4F)c(F)c3)ccnc2cc1OCc1ccccc1. The second kappa shape index (κ2) is 11.0. The highest BCUT2D eigenvalue weighted by atomic mass is 19.1. The molecule has 5 aromatic rings. The number of fused-ring (bicyclic) bond motifs is 1. The Hall–Kier alpha value is -5.56. The van der Waals surface area contributed by atoms with Gasteiger partial charge in [-0.25, -0.2) is 18.0 Å². The Balaban J connectivity index is 1.44. The van der Waals surface area contributed by atoms with Crippen molar-refractivity contribution in [2.75, 3.05) is 4.90 Å². The van der Waals surface area contributed by atoms with Crippen LogP contribution < -0.4 is 20.1 Å². The maximum absolute atomic E-state index is 15.2. The number of amides is 2. The van der Waals surface area contributed by atoms with E-state index >= 15 is 4.39 Å². The molecule has 0 unspecified atom stereocenters. The quantitative estimate of drug-likeness (QED) is 0.237. The zero-order chi connectivity index (χ0) is 28.2. The van der Waals surface area contributed by atoms with Crippen molar-refractivity contribution in [3.05, 3.63) is 120 Å². The van der Waals surface area contributed by atoms with Crippen LogP contribution in [0.2, 0.25) is 0 Å². The minimum atomic E-state index is -1.17. The second-order valence-corrected chi connectivity index (χ2v) is 8.55. The number of hydrogen-bond acceptors (Lipinski definition) is 5. The van der Waals surface area contributed by atoms with E-state index in [1.165, 1.54) is 18.3 Å². The number of ether oxygens (including phenoxy) is 2. The number of anilines is 2. The smallest absolute Gasteiger partial charge is 0.324 e. The highest BCUT2D eigenvalue weighted by Gasteiger charge is 2.23. The number of primary amides is 1. The first kappa shape index (κ1) is 26.1. The van der Waals surface area contributed by atoms with Crippen LogP contribution in [0.4, 0.5) is 29.3 Å². The van der Waals surface area contributed by atoms with Gasteiger partial charge < -0.3 is 15.2 Å². The number of rotatable bonds is 7. The first-order valence-electron chi connectivity index (χ1n) is 11.9. The topological polar surface area (TPSA) is 101 Å². The average Bonchev–Trinajstić information content (AvgIpc) is 2.94. The van der Waals surface area contributed by atoms with Crippen LogP contribution in [-0.2, 0) is 6.61 Å². The number of nitrogens with two attached hydrogens (primary N) is 1. The number of nitrogens with zero attached hydrogens (tertiary/aromatic N) is 3. The van der Waals surface area contributed by atoms with Crippen LogP contribution in [0.1, 0.15) is 11.1 Å². The van der Waals surface area contributed by atoms with E-state index in [9.17, 15) is 18.8 Å². The first-order valence-corrected chi connectivity index (χ1v) is 11.9. The summed E-state index contributed by atoms with van der Waals surface area (Å²) in [5.41, 5.74) is 6.25. The molecule has 0 bridgehead atoms. The molecule has 0 radical (unpaired) electrons. The molecule has 2 amide bonds. The summed E-state index contributed by atoms with van der Waals surface area (Å²) < 4.78 is 54.6. The van der Waals surface area contributed by atoms with Gasteiger partial charge in [0.1, 0.15) is 41.6 Å². The van der Waals surface area contributed by atoms with E-state index in [0.29, 0.717) is 27.6 Å². The zero-order valence-electron chi connectivity index (χ0n) is 20.6. The monoisotopic (exact) mass is 540 g/mol. The van der Waals surface area contributed by atoms with Gasteiger partial charge in [0.15, 0.2) is 5.82 Å². The molecule has 0 saturated heterocycles. The van der Waals surface area contributed by atoms with Crippen molar-refractivity contribution >= 4 is 28.3 Å². The van der Waals surface area contributed by atoms with Crippen molar-refractivity contribution in [2.24, 2.45) is 5.73 Å². The molecular formula is C30H19F3N4O3. The molecule has 0 aliphatic rings. The van der Waals surface area contributed by atoms with Crippen molar-refractivity contribution in [1.29, 1.82) is 5.26 Å². The summed E-state index contributed by atoms with van der Waals surface area (Å²) in [5, 5.41) is 10.2. The van der Waals surface area contributed by atoms with Gasteiger partial charge in [-0.3, -0.25) is 9.88 Å². The summed E-state index contributed by atoms with van der Waals surface area (Å²) in [7, 11) is 0. The van der Waals surface area contributed by atoms with Crippen molar-refractivity contribution in [1.82, 2.24) is 4.98 Å². The molecular weight excluding hydrogens is 521 g/mol. The number of nitriles is 1. The van der Waals surface area contributed by atoms with Crippen molar-refractivity contribution in [2.45, 2.75) is 6.61 Å². The molecule has 0 saturated carbocycles. The van der Waals surface area contributed by atoms with Crippen LogP contribution in [0.3, 0.4) is 0 Å². The van der Waals surface area contributed by atoms with Crippen LogP contribution in [0.5, 0.6) is 17.2 Å². The molecule has 7 nitrogen and oxygen atoms in total. The van der Waals surface area contributed by atoms with Crippen LogP contribution >= 0.6 is 0 Å². The molecule has 2 N–H and O–H groups in total. The van der Waals surface area contributed by atoms with Crippen LogP contribution in [0.25, 0.3) is 10.9 Å². The summed E-state index contributed by atoms with van der Waals surface area (Å²) in [4.78, 5) is 17.0. The van der Waals surface area contributed by atoms with E-state index in [-0.39, 0.29) is 29.4 Å². The Morgan fingerprint density at radius 2 is 1.62 bits per heavy atom. The molecule has 0 aliphatic carbocycles. The van der Waals surface area contributed by atoms with Crippen molar-refractivity contribution in [3.63, 3.8) is 0 Å². The maximum atomic E-state index is 15.2. The lowest BCUT2D eigenvalue weighted by molar-refractivity contribution is 0.255. The predicted molar refractivity (Wildman–Crippen MR) is 142 cm³/mol. The number of carbonyl (C=O) groups excluding carboxylic acids is 1. The molecule has 40 heavy (non-hydrogen) atoms. The fourth-order valence-corrected chi connectivity index (χ4v) is 4.07. The van der Waals surface area contributed by atoms with E-state index in [1.807, 2.05) is 30.3 Å². The molecule has 0 aliphatic heterocycles. The average molecular weight is 541 g/mol. The maximum Gasteiger partial charge on any atom is 0.324 e. The fourth-order valence-electron chi connectivity index (χ4n) is 4.07. The first-order chi connectivity index (χ1) is 19.3. The molecule has 0 atom stereocenters. The standard InChI is InChI=1S/C30H19F3N4O3/c31-20-6-8-26(23(32)13-20)37(30(35)38)27-9-7-21(14-24(27)33)40-28-10-11-36-25-15-29(19(16-34)12-22(25)28)39-17-18-4-2-1-3-5-18/h1-15H,17H2,(H2,35,38). The largest absolute Gasteiger partial charge is 0.487 e. The predicted octanol–water partition coefficient (Wildman–Crippen LogP) is 7.11. The molecule has 1 heterocycles. The number of aromatic nitrogens is 1. The Morgan fingerprint density at radius 1 is 0.900 bits per heavy atom. The van der Waals surface area contributed by atoms with Gasteiger partial charge in [0.25, 0.3) is 0 Å². The van der Waals surface area contributed by atoms with Gasteiger partial charge in [-0.2, -0.15) is 5.26 Å². The van der Waals surface area contributed by atoms with E-state index in [2.05, 4.69) is 11.1 Å². The third-order valence-electron chi connectivity index (χ3n) is 5.92. The van der Waals surface area contributed by atoms with Crippen LogP contribution in [0, 0.1) is 28.8 Å². The fraction of sp³-hybridized carbons (Fsp3) is 0.0333. The van der Waals surface area contributed by atoms with Gasteiger partial charge in [-0.05, 0) is 42.0 Å². The minimum absolute atomic E-state index is 0.0423. The van der Waals surface area contributed by atoms with Crippen molar-refractivity contribution in [3.8, 4) is 23.3 Å². The van der Waals surface area contributed by atoms with Gasteiger partial charge in [0.2, 0.25) is 0 Å². The third kappa shape index (κ3) is 5.35. The Kier molecular flexibility index (Phi) is 7.20. The number of benzene rings is 4. The highest BCUT2D eigenvalue weighted by molar-refractivity contribution is 5.98. The number of halogens is 3. The molecule has 5 rings (SSSR count). The molecule has 0 spiro atoms. The molecule has 0 fully saturated rings.